The lowest BCUT2D eigenvalue weighted by Gasteiger charge is -2.29. The van der Waals surface area contributed by atoms with E-state index < -0.39 is 11.4 Å². The van der Waals surface area contributed by atoms with E-state index in [9.17, 15) is 9.59 Å². The first kappa shape index (κ1) is 12.0. The minimum absolute atomic E-state index is 0.0780. The van der Waals surface area contributed by atoms with Gasteiger partial charge in [0.05, 0.1) is 0 Å². The molecule has 0 spiro atoms. The standard InChI is InChI=1S/C11H19NO3/c1-4-7-12(8(2)3)9(13)11(5-6-11)10(14)15/h8H,4-7H2,1-3H3,(H,14,15). The number of nitrogens with zero attached hydrogens (tertiary/aromatic N) is 1. The molecule has 0 unspecified atom stereocenters. The molecule has 1 aliphatic carbocycles. The number of carbonyl (C=O) groups excluding carboxylic acids is 1. The number of rotatable bonds is 5. The summed E-state index contributed by atoms with van der Waals surface area (Å²) < 4.78 is 0. The Balaban J connectivity index is 2.77. The van der Waals surface area contributed by atoms with Crippen molar-refractivity contribution in [3.8, 4) is 0 Å². The molecule has 0 bridgehead atoms. The van der Waals surface area contributed by atoms with Crippen LogP contribution in [0, 0.1) is 5.41 Å². The summed E-state index contributed by atoms with van der Waals surface area (Å²) in [5.74, 6) is -1.17. The molecule has 0 atom stereocenters. The van der Waals surface area contributed by atoms with Crippen molar-refractivity contribution in [2.45, 2.75) is 46.1 Å². The minimum Gasteiger partial charge on any atom is -0.480 e. The predicted octanol–water partition coefficient (Wildman–Crippen LogP) is 1.50. The second-order valence-corrected chi connectivity index (χ2v) is 4.48. The van der Waals surface area contributed by atoms with E-state index in [1.165, 1.54) is 0 Å². The third-order valence-corrected chi connectivity index (χ3v) is 2.92. The number of hydrogen-bond acceptors (Lipinski definition) is 2. The Morgan fingerprint density at radius 3 is 2.20 bits per heavy atom. The van der Waals surface area contributed by atoms with Crippen molar-refractivity contribution in [3.63, 3.8) is 0 Å². The molecular weight excluding hydrogens is 194 g/mol. The summed E-state index contributed by atoms with van der Waals surface area (Å²) in [4.78, 5) is 24.7. The fraction of sp³-hybridized carbons (Fsp3) is 0.818. The Morgan fingerprint density at radius 2 is 1.93 bits per heavy atom. The highest BCUT2D eigenvalue weighted by Gasteiger charge is 2.58. The SMILES string of the molecule is CCCN(C(=O)C1(C(=O)O)CC1)C(C)C. The van der Waals surface area contributed by atoms with Gasteiger partial charge in [0, 0.05) is 12.6 Å². The molecule has 1 saturated carbocycles. The number of amides is 1. The molecule has 0 aliphatic heterocycles. The lowest BCUT2D eigenvalue weighted by molar-refractivity contribution is -0.154. The van der Waals surface area contributed by atoms with Gasteiger partial charge >= 0.3 is 5.97 Å². The first-order chi connectivity index (χ1) is 6.95. The molecule has 0 saturated heterocycles. The van der Waals surface area contributed by atoms with E-state index >= 15 is 0 Å². The van der Waals surface area contributed by atoms with Crippen LogP contribution in [0.1, 0.15) is 40.0 Å². The van der Waals surface area contributed by atoms with E-state index in [2.05, 4.69) is 0 Å². The molecule has 0 heterocycles. The van der Waals surface area contributed by atoms with Crippen LogP contribution in [0.5, 0.6) is 0 Å². The zero-order chi connectivity index (χ0) is 11.6. The van der Waals surface area contributed by atoms with Crippen molar-refractivity contribution in [2.75, 3.05) is 6.54 Å². The highest BCUT2D eigenvalue weighted by Crippen LogP contribution is 2.47. The highest BCUT2D eigenvalue weighted by molar-refractivity contribution is 6.04. The summed E-state index contributed by atoms with van der Waals surface area (Å²) in [5.41, 5.74) is -1.08. The predicted molar refractivity (Wildman–Crippen MR) is 56.4 cm³/mol. The van der Waals surface area contributed by atoms with Gasteiger partial charge in [-0.25, -0.2) is 0 Å². The van der Waals surface area contributed by atoms with Gasteiger partial charge in [0.1, 0.15) is 5.41 Å². The Kier molecular flexibility index (Phi) is 3.37. The quantitative estimate of drug-likeness (QED) is 0.704. The maximum atomic E-state index is 12.0. The Hall–Kier alpha value is -1.06. The van der Waals surface area contributed by atoms with Crippen LogP contribution in [-0.2, 0) is 9.59 Å². The zero-order valence-corrected chi connectivity index (χ0v) is 9.62. The van der Waals surface area contributed by atoms with Crippen molar-refractivity contribution >= 4 is 11.9 Å². The van der Waals surface area contributed by atoms with Crippen LogP contribution in [0.3, 0.4) is 0 Å². The number of carbonyl (C=O) groups is 2. The summed E-state index contributed by atoms with van der Waals surface area (Å²) in [6, 6.07) is 0.0780. The van der Waals surface area contributed by atoms with Gasteiger partial charge in [-0.15, -0.1) is 0 Å². The van der Waals surface area contributed by atoms with E-state index in [0.29, 0.717) is 19.4 Å². The second kappa shape index (κ2) is 4.21. The first-order valence-corrected chi connectivity index (χ1v) is 5.50. The fourth-order valence-corrected chi connectivity index (χ4v) is 1.75. The third-order valence-electron chi connectivity index (χ3n) is 2.92. The molecule has 0 aromatic carbocycles. The number of aliphatic carboxylic acids is 1. The molecule has 15 heavy (non-hydrogen) atoms. The molecule has 0 aromatic rings. The van der Waals surface area contributed by atoms with E-state index in [1.807, 2.05) is 20.8 Å². The first-order valence-electron chi connectivity index (χ1n) is 5.50. The maximum Gasteiger partial charge on any atom is 0.319 e. The van der Waals surface area contributed by atoms with Crippen LogP contribution in [0.4, 0.5) is 0 Å². The zero-order valence-electron chi connectivity index (χ0n) is 9.62. The minimum atomic E-state index is -1.08. The summed E-state index contributed by atoms with van der Waals surface area (Å²) >= 11 is 0. The number of carboxylic acid groups (broad SMARTS) is 1. The van der Waals surface area contributed by atoms with E-state index in [4.69, 9.17) is 5.11 Å². The summed E-state index contributed by atoms with van der Waals surface area (Å²) in [6.45, 7) is 6.48. The molecule has 1 N–H and O–H groups in total. The Morgan fingerprint density at radius 1 is 1.40 bits per heavy atom. The molecule has 0 aromatic heterocycles. The van der Waals surface area contributed by atoms with Gasteiger partial charge in [0.25, 0.3) is 0 Å². The number of hydrogen-bond donors (Lipinski definition) is 1. The average molecular weight is 213 g/mol. The summed E-state index contributed by atoms with van der Waals surface area (Å²) in [7, 11) is 0. The molecule has 86 valence electrons. The molecule has 4 nitrogen and oxygen atoms in total. The van der Waals surface area contributed by atoms with Gasteiger partial charge in [-0.3, -0.25) is 9.59 Å². The normalized spacial score (nSPS) is 17.6. The highest BCUT2D eigenvalue weighted by atomic mass is 16.4. The summed E-state index contributed by atoms with van der Waals surface area (Å²) in [6.07, 6.45) is 1.85. The van der Waals surface area contributed by atoms with Crippen LogP contribution in [-0.4, -0.2) is 34.5 Å². The third kappa shape index (κ3) is 2.13. The van der Waals surface area contributed by atoms with Gasteiger partial charge in [-0.1, -0.05) is 6.92 Å². The molecule has 0 radical (unpaired) electrons. The Bertz CT molecular complexity index is 269. The van der Waals surface area contributed by atoms with Crippen LogP contribution in [0.25, 0.3) is 0 Å². The van der Waals surface area contributed by atoms with Crippen molar-refractivity contribution in [3.05, 3.63) is 0 Å². The molecule has 1 fully saturated rings. The Labute approximate surface area is 90.3 Å². The number of carboxylic acids is 1. The topological polar surface area (TPSA) is 57.6 Å². The lowest BCUT2D eigenvalue weighted by atomic mass is 10.0. The van der Waals surface area contributed by atoms with Crippen molar-refractivity contribution in [1.82, 2.24) is 4.90 Å². The van der Waals surface area contributed by atoms with Gasteiger partial charge in [-0.2, -0.15) is 0 Å². The van der Waals surface area contributed by atoms with Crippen LogP contribution >= 0.6 is 0 Å². The molecule has 1 amide bonds. The van der Waals surface area contributed by atoms with E-state index in [-0.39, 0.29) is 11.9 Å². The van der Waals surface area contributed by atoms with Gasteiger partial charge < -0.3 is 10.0 Å². The van der Waals surface area contributed by atoms with Crippen molar-refractivity contribution < 1.29 is 14.7 Å². The average Bonchev–Trinajstić information content (AvgIpc) is 2.93. The van der Waals surface area contributed by atoms with Crippen LogP contribution in [0.15, 0.2) is 0 Å². The molecule has 1 rings (SSSR count). The lowest BCUT2D eigenvalue weighted by Crippen LogP contribution is -2.44. The van der Waals surface area contributed by atoms with Crippen LogP contribution < -0.4 is 0 Å². The van der Waals surface area contributed by atoms with Gasteiger partial charge in [0.2, 0.25) is 5.91 Å². The van der Waals surface area contributed by atoms with Gasteiger partial charge in [0.15, 0.2) is 0 Å². The van der Waals surface area contributed by atoms with Crippen LogP contribution in [0.2, 0.25) is 0 Å². The van der Waals surface area contributed by atoms with Crippen molar-refractivity contribution in [1.29, 1.82) is 0 Å². The fourth-order valence-electron chi connectivity index (χ4n) is 1.75. The second-order valence-electron chi connectivity index (χ2n) is 4.48. The van der Waals surface area contributed by atoms with E-state index in [1.54, 1.807) is 4.90 Å². The maximum absolute atomic E-state index is 12.0. The smallest absolute Gasteiger partial charge is 0.319 e. The van der Waals surface area contributed by atoms with E-state index in [0.717, 1.165) is 6.42 Å². The molecule has 1 aliphatic rings. The van der Waals surface area contributed by atoms with Crippen molar-refractivity contribution in [2.24, 2.45) is 5.41 Å². The monoisotopic (exact) mass is 213 g/mol. The van der Waals surface area contributed by atoms with Gasteiger partial charge in [-0.05, 0) is 33.1 Å². The summed E-state index contributed by atoms with van der Waals surface area (Å²) in [5, 5.41) is 9.03. The molecular formula is C11H19NO3. The largest absolute Gasteiger partial charge is 0.480 e. The molecule has 4 heteroatoms.